The number of aromatic nitrogens is 2. The van der Waals surface area contributed by atoms with Crippen molar-refractivity contribution in [1.82, 2.24) is 19.2 Å². The van der Waals surface area contributed by atoms with Crippen LogP contribution in [0, 0.1) is 29.5 Å². The Labute approximate surface area is 226 Å². The lowest BCUT2D eigenvalue weighted by molar-refractivity contribution is 0.201. The van der Waals surface area contributed by atoms with E-state index in [0.29, 0.717) is 33.3 Å². The van der Waals surface area contributed by atoms with Crippen molar-refractivity contribution in [2.45, 2.75) is 52.0 Å². The number of ether oxygens (including phenoxy) is 1. The molecule has 38 heavy (non-hydrogen) atoms. The Morgan fingerprint density at radius 2 is 2.11 bits per heavy atom. The Kier molecular flexibility index (Phi) is 7.61. The van der Waals surface area contributed by atoms with Gasteiger partial charge < -0.3 is 14.8 Å². The molecule has 2 fully saturated rings. The second-order valence-electron chi connectivity index (χ2n) is 10.3. The highest BCUT2D eigenvalue weighted by Gasteiger charge is 2.40. The average molecular weight is 537 g/mol. The molecule has 1 saturated heterocycles. The Balaban J connectivity index is 1.48. The molecular weight excluding hydrogens is 503 g/mol. The molecule has 1 aliphatic carbocycles. The molecule has 0 bridgehead atoms. The molecule has 1 aromatic heterocycles. The number of nitriles is 1. The lowest BCUT2D eigenvalue weighted by Crippen LogP contribution is -2.35. The second kappa shape index (κ2) is 10.9. The van der Waals surface area contributed by atoms with Gasteiger partial charge >= 0.3 is 0 Å². The lowest BCUT2D eigenvalue weighted by Gasteiger charge is -2.34. The van der Waals surface area contributed by atoms with Crippen LogP contribution in [0.3, 0.4) is 0 Å². The lowest BCUT2D eigenvalue weighted by atomic mass is 9.77. The number of nitrogens with one attached hydrogen (secondary N) is 2. The maximum Gasteiger partial charge on any atom is 0.261 e. The highest BCUT2D eigenvalue weighted by atomic mass is 32.2. The molecule has 10 heteroatoms. The summed E-state index contributed by atoms with van der Waals surface area (Å²) in [6.07, 6.45) is 7.03. The van der Waals surface area contributed by atoms with Crippen LogP contribution in [0.15, 0.2) is 35.4 Å². The number of nitrogens with zero attached hydrogens (tertiary/aromatic N) is 4. The van der Waals surface area contributed by atoms with Crippen molar-refractivity contribution in [2.75, 3.05) is 31.4 Å². The van der Waals surface area contributed by atoms with Gasteiger partial charge in [0, 0.05) is 30.3 Å². The van der Waals surface area contributed by atoms with Gasteiger partial charge in [-0.05, 0) is 88.8 Å². The van der Waals surface area contributed by atoms with Gasteiger partial charge in [0.05, 0.1) is 22.9 Å². The Hall–Kier alpha value is -3.13. The number of piperidine rings is 1. The molecule has 2 aliphatic rings. The first-order valence-corrected chi connectivity index (χ1v) is 13.9. The van der Waals surface area contributed by atoms with E-state index in [1.54, 1.807) is 30.0 Å². The minimum Gasteiger partial charge on any atom is -0.452 e. The number of hydrogen-bond donors (Lipinski definition) is 2. The van der Waals surface area contributed by atoms with Gasteiger partial charge in [0.2, 0.25) is 0 Å². The second-order valence-corrected chi connectivity index (χ2v) is 11.3. The fraction of sp³-hybridized carbons (Fsp3) is 0.464. The first-order valence-electron chi connectivity index (χ1n) is 13.1. The Morgan fingerprint density at radius 3 is 2.84 bits per heavy atom. The molecule has 0 radical (unpaired) electrons. The predicted octanol–water partition coefficient (Wildman–Crippen LogP) is 5.53. The predicted molar refractivity (Wildman–Crippen MR) is 149 cm³/mol. The van der Waals surface area contributed by atoms with E-state index in [2.05, 4.69) is 21.1 Å². The molecule has 3 aromatic rings. The van der Waals surface area contributed by atoms with Crippen LogP contribution in [-0.4, -0.2) is 40.5 Å². The molecule has 2 N–H and O–H groups in total. The van der Waals surface area contributed by atoms with Gasteiger partial charge in [-0.1, -0.05) is 6.92 Å². The molecule has 8 nitrogen and oxygen atoms in total. The molecule has 5 rings (SSSR count). The summed E-state index contributed by atoms with van der Waals surface area (Å²) in [5, 5.41) is 13.7. The molecule has 200 valence electrons. The van der Waals surface area contributed by atoms with Crippen LogP contribution in [0.4, 0.5) is 10.1 Å². The Morgan fingerprint density at radius 1 is 1.32 bits per heavy atom. The summed E-state index contributed by atoms with van der Waals surface area (Å²) in [7, 11) is 1.90. The first kappa shape index (κ1) is 26.5. The standard InChI is InChI=1S/C28H33FN6O2S/c1-4-34(3)38-33-22-6-5-21(29)26(20(22)16-30)37-24-8-7-23-25(18(24)2)27(36)35(17-32-23)19-9-10-28(15-19)11-13-31-14-12-28/h5-8,17,19,31,33H,4,9-15H2,1-3H3. The molecule has 2 heterocycles. The number of halogens is 1. The maximum absolute atomic E-state index is 14.9. The zero-order chi connectivity index (χ0) is 26.9. The van der Waals surface area contributed by atoms with Crippen LogP contribution in [0.1, 0.15) is 56.2 Å². The summed E-state index contributed by atoms with van der Waals surface area (Å²) in [5.74, 6) is -0.504. The third-order valence-corrected chi connectivity index (χ3v) is 8.97. The van der Waals surface area contributed by atoms with E-state index in [4.69, 9.17) is 4.74 Å². The molecule has 2 aromatic carbocycles. The van der Waals surface area contributed by atoms with Gasteiger partial charge in [0.25, 0.3) is 5.56 Å². The Bertz CT molecular complexity index is 1450. The smallest absolute Gasteiger partial charge is 0.261 e. The SMILES string of the molecule is CCN(C)SNc1ccc(F)c(Oc2ccc3ncn(C4CCC5(CCNCC5)C4)c(=O)c3c2C)c1C#N. The summed E-state index contributed by atoms with van der Waals surface area (Å²) in [6.45, 7) is 6.63. The summed E-state index contributed by atoms with van der Waals surface area (Å²) >= 11 is 1.31. The van der Waals surface area contributed by atoms with Gasteiger partial charge in [-0.25, -0.2) is 13.7 Å². The third kappa shape index (κ3) is 4.98. The highest BCUT2D eigenvalue weighted by Crippen LogP contribution is 2.49. The third-order valence-electron chi connectivity index (χ3n) is 8.09. The molecule has 1 saturated carbocycles. The van der Waals surface area contributed by atoms with E-state index in [-0.39, 0.29) is 22.9 Å². The summed E-state index contributed by atoms with van der Waals surface area (Å²) in [5.41, 5.74) is 1.85. The van der Waals surface area contributed by atoms with E-state index in [1.807, 2.05) is 18.3 Å². The van der Waals surface area contributed by atoms with Crippen LogP contribution in [-0.2, 0) is 0 Å². The number of aryl methyl sites for hydroxylation is 1. The molecule has 1 unspecified atom stereocenters. The number of hydrogen-bond acceptors (Lipinski definition) is 8. The molecule has 1 spiro atoms. The maximum atomic E-state index is 14.9. The van der Waals surface area contributed by atoms with Gasteiger partial charge in [0.1, 0.15) is 17.4 Å². The van der Waals surface area contributed by atoms with Gasteiger partial charge in [-0.15, -0.1) is 0 Å². The fourth-order valence-corrected chi connectivity index (χ4v) is 6.27. The molecule has 1 atom stereocenters. The highest BCUT2D eigenvalue weighted by molar-refractivity contribution is 7.98. The van der Waals surface area contributed by atoms with E-state index in [1.165, 1.54) is 24.3 Å². The summed E-state index contributed by atoms with van der Waals surface area (Å²) < 4.78 is 27.8. The summed E-state index contributed by atoms with van der Waals surface area (Å²) in [4.78, 5) is 18.3. The largest absolute Gasteiger partial charge is 0.452 e. The van der Waals surface area contributed by atoms with Crippen molar-refractivity contribution < 1.29 is 9.13 Å². The van der Waals surface area contributed by atoms with Crippen LogP contribution >= 0.6 is 12.1 Å². The quantitative estimate of drug-likeness (QED) is 0.381. The van der Waals surface area contributed by atoms with Crippen molar-refractivity contribution in [3.8, 4) is 17.6 Å². The number of anilines is 1. The molecule has 0 amide bonds. The monoisotopic (exact) mass is 536 g/mol. The fourth-order valence-electron chi connectivity index (χ4n) is 5.71. The van der Waals surface area contributed by atoms with E-state index < -0.39 is 5.82 Å². The zero-order valence-electron chi connectivity index (χ0n) is 22.0. The average Bonchev–Trinajstić information content (AvgIpc) is 3.32. The van der Waals surface area contributed by atoms with Crippen molar-refractivity contribution >= 4 is 28.7 Å². The topological polar surface area (TPSA) is 95.2 Å². The van der Waals surface area contributed by atoms with E-state index in [0.717, 1.165) is 51.7 Å². The van der Waals surface area contributed by atoms with Gasteiger partial charge in [-0.3, -0.25) is 9.36 Å². The van der Waals surface area contributed by atoms with Gasteiger partial charge in [0.15, 0.2) is 11.6 Å². The minimum atomic E-state index is -0.651. The normalized spacial score (nSPS) is 18.7. The van der Waals surface area contributed by atoms with Crippen molar-refractivity contribution in [2.24, 2.45) is 5.41 Å². The van der Waals surface area contributed by atoms with Crippen molar-refractivity contribution in [1.29, 1.82) is 5.26 Å². The van der Waals surface area contributed by atoms with Crippen LogP contribution < -0.4 is 20.3 Å². The van der Waals surface area contributed by atoms with Crippen molar-refractivity contribution in [3.63, 3.8) is 0 Å². The van der Waals surface area contributed by atoms with Crippen LogP contribution in [0.2, 0.25) is 0 Å². The van der Waals surface area contributed by atoms with E-state index >= 15 is 0 Å². The zero-order valence-corrected chi connectivity index (χ0v) is 22.8. The van der Waals surface area contributed by atoms with Gasteiger partial charge in [-0.2, -0.15) is 5.26 Å². The number of benzene rings is 2. The number of rotatable bonds is 7. The van der Waals surface area contributed by atoms with Crippen LogP contribution in [0.25, 0.3) is 10.9 Å². The van der Waals surface area contributed by atoms with Crippen molar-refractivity contribution in [3.05, 3.63) is 57.9 Å². The molecule has 1 aliphatic heterocycles. The van der Waals surface area contributed by atoms with Crippen LogP contribution in [0.5, 0.6) is 11.5 Å². The number of fused-ring (bicyclic) bond motifs is 1. The summed E-state index contributed by atoms with van der Waals surface area (Å²) in [6, 6.07) is 8.36. The van der Waals surface area contributed by atoms with E-state index in [9.17, 15) is 14.4 Å². The minimum absolute atomic E-state index is 0.0586. The first-order chi connectivity index (χ1) is 18.4. The molecular formula is C28H33FN6O2S.